The maximum absolute atomic E-state index is 13.2. The van der Waals surface area contributed by atoms with Crippen LogP contribution >= 0.6 is 11.6 Å². The van der Waals surface area contributed by atoms with Gasteiger partial charge in [0.25, 0.3) is 0 Å². The summed E-state index contributed by atoms with van der Waals surface area (Å²) >= 11 is 5.79. The predicted octanol–water partition coefficient (Wildman–Crippen LogP) is 4.66. The zero-order valence-electron chi connectivity index (χ0n) is 14.6. The van der Waals surface area contributed by atoms with Gasteiger partial charge in [0.05, 0.1) is 11.6 Å². The highest BCUT2D eigenvalue weighted by Crippen LogP contribution is 2.29. The van der Waals surface area contributed by atoms with Crippen molar-refractivity contribution in [3.63, 3.8) is 0 Å². The molecule has 26 heavy (non-hydrogen) atoms. The number of nitrogens with one attached hydrogen (secondary N) is 2. The summed E-state index contributed by atoms with van der Waals surface area (Å²) in [6.07, 6.45) is 3.96. The normalized spacial score (nSPS) is 14.2. The van der Waals surface area contributed by atoms with E-state index >= 15 is 0 Å². The van der Waals surface area contributed by atoms with Gasteiger partial charge in [-0.2, -0.15) is 0 Å². The van der Waals surface area contributed by atoms with Gasteiger partial charge in [0.1, 0.15) is 11.6 Å². The second-order valence-corrected chi connectivity index (χ2v) is 7.11. The molecular weight excluding hydrogens is 351 g/mol. The molecule has 0 saturated heterocycles. The number of aryl methyl sites for hydroxylation is 1. The van der Waals surface area contributed by atoms with Gasteiger partial charge in [-0.3, -0.25) is 0 Å². The van der Waals surface area contributed by atoms with Crippen LogP contribution in [0.5, 0.6) is 5.75 Å². The molecule has 2 N–H and O–H groups in total. The number of benzene rings is 2. The molecule has 5 heteroatoms. The van der Waals surface area contributed by atoms with Crippen molar-refractivity contribution < 1.29 is 9.13 Å². The zero-order chi connectivity index (χ0) is 17.9. The van der Waals surface area contributed by atoms with Crippen LogP contribution in [0.2, 0.25) is 5.02 Å². The number of hydrogen-bond donors (Lipinski definition) is 2. The Hall–Kier alpha value is -2.04. The fourth-order valence-electron chi connectivity index (χ4n) is 3.72. The van der Waals surface area contributed by atoms with Crippen LogP contribution in [0.25, 0.3) is 10.9 Å². The van der Waals surface area contributed by atoms with Crippen LogP contribution in [-0.2, 0) is 19.3 Å². The summed E-state index contributed by atoms with van der Waals surface area (Å²) in [6.45, 7) is 2.64. The molecule has 0 amide bonds. The summed E-state index contributed by atoms with van der Waals surface area (Å²) in [5, 5.41) is 4.94. The maximum atomic E-state index is 13.2. The third kappa shape index (κ3) is 3.57. The van der Waals surface area contributed by atoms with E-state index in [1.165, 1.54) is 39.9 Å². The van der Waals surface area contributed by atoms with E-state index in [0.29, 0.717) is 12.4 Å². The van der Waals surface area contributed by atoms with Gasteiger partial charge in [-0.15, -0.1) is 0 Å². The van der Waals surface area contributed by atoms with E-state index in [1.807, 2.05) is 0 Å². The lowest BCUT2D eigenvalue weighted by Crippen LogP contribution is -2.16. The van der Waals surface area contributed by atoms with Crippen LogP contribution in [0.15, 0.2) is 36.4 Å². The van der Waals surface area contributed by atoms with Crippen molar-refractivity contribution in [1.29, 1.82) is 0 Å². The van der Waals surface area contributed by atoms with Crippen molar-refractivity contribution in [3.05, 3.63) is 64.1 Å². The lowest BCUT2D eigenvalue weighted by molar-refractivity contribution is 0.310. The molecule has 0 spiro atoms. The van der Waals surface area contributed by atoms with Crippen LogP contribution < -0.4 is 10.1 Å². The number of H-pyrrole nitrogens is 1. The molecule has 1 aliphatic rings. The first kappa shape index (κ1) is 17.4. The summed E-state index contributed by atoms with van der Waals surface area (Å²) in [6, 6.07) is 11.0. The van der Waals surface area contributed by atoms with E-state index in [9.17, 15) is 4.39 Å². The molecule has 0 radical (unpaired) electrons. The number of aromatic amines is 1. The van der Waals surface area contributed by atoms with Gasteiger partial charge in [0.2, 0.25) is 0 Å². The van der Waals surface area contributed by atoms with Crippen LogP contribution in [-0.4, -0.2) is 24.7 Å². The van der Waals surface area contributed by atoms with Gasteiger partial charge < -0.3 is 15.0 Å². The average Bonchev–Trinajstić information content (AvgIpc) is 2.84. The minimum Gasteiger partial charge on any atom is -0.494 e. The Kier molecular flexibility index (Phi) is 5.14. The fourth-order valence-corrected chi connectivity index (χ4v) is 3.89. The van der Waals surface area contributed by atoms with Crippen molar-refractivity contribution in [2.75, 3.05) is 19.7 Å². The Bertz CT molecular complexity index is 922. The van der Waals surface area contributed by atoms with Crippen LogP contribution in [0.4, 0.5) is 4.39 Å². The highest BCUT2D eigenvalue weighted by molar-refractivity contribution is 6.30. The molecule has 3 nitrogen and oxygen atoms in total. The van der Waals surface area contributed by atoms with E-state index < -0.39 is 5.82 Å². The average molecular weight is 373 g/mol. The van der Waals surface area contributed by atoms with Gasteiger partial charge in [-0.1, -0.05) is 23.7 Å². The van der Waals surface area contributed by atoms with E-state index in [1.54, 1.807) is 6.07 Å². The predicted molar refractivity (Wildman–Crippen MR) is 104 cm³/mol. The van der Waals surface area contributed by atoms with E-state index in [0.717, 1.165) is 38.8 Å². The number of halogens is 2. The molecular formula is C21H22ClFN2O. The lowest BCUT2D eigenvalue weighted by Gasteiger charge is -2.09. The minimum atomic E-state index is -0.423. The summed E-state index contributed by atoms with van der Waals surface area (Å²) in [4.78, 5) is 3.60. The molecule has 0 bridgehead atoms. The number of aromatic nitrogens is 1. The second-order valence-electron chi connectivity index (χ2n) is 6.70. The molecule has 4 rings (SSSR count). The van der Waals surface area contributed by atoms with Gasteiger partial charge in [-0.25, -0.2) is 4.39 Å². The lowest BCUT2D eigenvalue weighted by atomic mass is 9.99. The summed E-state index contributed by atoms with van der Waals surface area (Å²) in [5.41, 5.74) is 5.43. The standard InChI is InChI=1S/C21H22ClFN2O/c22-17-13-15(6-7-18(17)23)26-12-2-4-14-3-1-5-20-21(14)16-8-10-24-11-9-19(16)25-20/h1,3,5-7,13,24-25H,2,4,8-12H2. The summed E-state index contributed by atoms with van der Waals surface area (Å²) in [5.74, 6) is 0.185. The molecule has 3 aromatic rings. The molecule has 0 aliphatic carbocycles. The van der Waals surface area contributed by atoms with Crippen molar-refractivity contribution >= 4 is 22.5 Å². The Balaban J connectivity index is 1.45. The number of rotatable bonds is 5. The second kappa shape index (κ2) is 7.68. The van der Waals surface area contributed by atoms with Gasteiger partial charge in [0, 0.05) is 35.6 Å². The van der Waals surface area contributed by atoms with E-state index in [-0.39, 0.29) is 5.02 Å². The monoisotopic (exact) mass is 372 g/mol. The third-order valence-electron chi connectivity index (χ3n) is 4.96. The largest absolute Gasteiger partial charge is 0.494 e. The van der Waals surface area contributed by atoms with Crippen molar-refractivity contribution in [1.82, 2.24) is 10.3 Å². The molecule has 0 atom stereocenters. The highest BCUT2D eigenvalue weighted by atomic mass is 35.5. The molecule has 1 aliphatic heterocycles. The van der Waals surface area contributed by atoms with Crippen molar-refractivity contribution in [3.8, 4) is 5.75 Å². The smallest absolute Gasteiger partial charge is 0.142 e. The number of hydrogen-bond acceptors (Lipinski definition) is 2. The topological polar surface area (TPSA) is 37.0 Å². The van der Waals surface area contributed by atoms with Crippen LogP contribution in [0.3, 0.4) is 0 Å². The maximum Gasteiger partial charge on any atom is 0.142 e. The number of fused-ring (bicyclic) bond motifs is 3. The highest BCUT2D eigenvalue weighted by Gasteiger charge is 2.16. The first-order valence-electron chi connectivity index (χ1n) is 9.12. The zero-order valence-corrected chi connectivity index (χ0v) is 15.3. The van der Waals surface area contributed by atoms with Crippen LogP contribution in [0, 0.1) is 5.82 Å². The van der Waals surface area contributed by atoms with Gasteiger partial charge >= 0.3 is 0 Å². The molecule has 0 unspecified atom stereocenters. The Morgan fingerprint density at radius 3 is 2.88 bits per heavy atom. The number of ether oxygens (including phenoxy) is 1. The summed E-state index contributed by atoms with van der Waals surface area (Å²) < 4.78 is 18.9. The molecule has 2 heterocycles. The SMILES string of the molecule is Fc1ccc(OCCCc2cccc3[nH]c4c(c23)CCNCC4)cc1Cl. The van der Waals surface area contributed by atoms with Crippen molar-refractivity contribution in [2.24, 2.45) is 0 Å². The third-order valence-corrected chi connectivity index (χ3v) is 5.25. The van der Waals surface area contributed by atoms with Gasteiger partial charge in [-0.05, 0) is 55.1 Å². The van der Waals surface area contributed by atoms with E-state index in [2.05, 4.69) is 28.5 Å². The van der Waals surface area contributed by atoms with E-state index in [4.69, 9.17) is 16.3 Å². The molecule has 1 aromatic heterocycles. The Morgan fingerprint density at radius 2 is 2.00 bits per heavy atom. The molecule has 2 aromatic carbocycles. The van der Waals surface area contributed by atoms with Crippen LogP contribution in [0.1, 0.15) is 23.2 Å². The first-order valence-corrected chi connectivity index (χ1v) is 9.50. The summed E-state index contributed by atoms with van der Waals surface area (Å²) in [7, 11) is 0. The molecule has 0 fully saturated rings. The fraction of sp³-hybridized carbons (Fsp3) is 0.333. The quantitative estimate of drug-likeness (QED) is 0.639. The molecule has 0 saturated carbocycles. The Morgan fingerprint density at radius 1 is 1.12 bits per heavy atom. The van der Waals surface area contributed by atoms with Gasteiger partial charge in [0.15, 0.2) is 0 Å². The minimum absolute atomic E-state index is 0.0934. The Labute approximate surface area is 157 Å². The van der Waals surface area contributed by atoms with Crippen molar-refractivity contribution in [2.45, 2.75) is 25.7 Å². The first-order chi connectivity index (χ1) is 12.7. The molecule has 136 valence electrons.